The Morgan fingerprint density at radius 2 is 2.09 bits per heavy atom. The molecule has 4 heteroatoms. The smallest absolute Gasteiger partial charge is 0.178 e. The van der Waals surface area contributed by atoms with E-state index in [2.05, 4.69) is 28.4 Å². The summed E-state index contributed by atoms with van der Waals surface area (Å²) in [6, 6.07) is 6.08. The summed E-state index contributed by atoms with van der Waals surface area (Å²) >= 11 is 0. The average molecular weight is 295 g/mol. The highest BCUT2D eigenvalue weighted by molar-refractivity contribution is 6.04. The molecule has 0 N–H and O–H groups in total. The van der Waals surface area contributed by atoms with Crippen molar-refractivity contribution in [1.82, 2.24) is 14.5 Å². The minimum absolute atomic E-state index is 0.0815. The van der Waals surface area contributed by atoms with Gasteiger partial charge in [0.1, 0.15) is 5.82 Å². The summed E-state index contributed by atoms with van der Waals surface area (Å²) in [7, 11) is 0. The lowest BCUT2D eigenvalue weighted by molar-refractivity contribution is -0.110. The summed E-state index contributed by atoms with van der Waals surface area (Å²) in [6.07, 6.45) is 11.2. The van der Waals surface area contributed by atoms with Crippen molar-refractivity contribution in [3.63, 3.8) is 0 Å². The lowest BCUT2D eigenvalue weighted by atomic mass is 10.2. The van der Waals surface area contributed by atoms with E-state index in [9.17, 15) is 4.79 Å². The zero-order chi connectivity index (χ0) is 15.9. The molecule has 2 heterocycles. The van der Waals surface area contributed by atoms with E-state index < -0.39 is 0 Å². The first kappa shape index (κ1) is 15.9. The maximum Gasteiger partial charge on any atom is 0.178 e. The molecule has 0 spiro atoms. The van der Waals surface area contributed by atoms with Crippen LogP contribution >= 0.6 is 0 Å². The molecule has 22 heavy (non-hydrogen) atoms. The Labute approximate surface area is 131 Å². The quantitative estimate of drug-likeness (QED) is 0.760. The first-order valence-electron chi connectivity index (χ1n) is 7.46. The van der Waals surface area contributed by atoms with E-state index in [4.69, 9.17) is 0 Å². The minimum Gasteiger partial charge on any atom is -0.329 e. The molecular weight excluding hydrogens is 274 g/mol. The Morgan fingerprint density at radius 1 is 1.32 bits per heavy atom. The van der Waals surface area contributed by atoms with Crippen LogP contribution in [0.15, 0.2) is 42.7 Å². The molecule has 0 amide bonds. The van der Waals surface area contributed by atoms with Gasteiger partial charge in [-0.1, -0.05) is 13.0 Å². The van der Waals surface area contributed by atoms with Crippen LogP contribution in [-0.4, -0.2) is 20.3 Å². The van der Waals surface area contributed by atoms with Gasteiger partial charge >= 0.3 is 0 Å². The number of imidazole rings is 1. The van der Waals surface area contributed by atoms with Crippen molar-refractivity contribution in [3.05, 3.63) is 60.0 Å². The summed E-state index contributed by atoms with van der Waals surface area (Å²) in [5.74, 6) is 0.715. The average Bonchev–Trinajstić information content (AvgIpc) is 2.98. The number of aromatic nitrogens is 3. The maximum absolute atomic E-state index is 11.9. The summed E-state index contributed by atoms with van der Waals surface area (Å²) in [4.78, 5) is 20.5. The van der Waals surface area contributed by atoms with Gasteiger partial charge in [-0.2, -0.15) is 0 Å². The minimum atomic E-state index is -0.0815. The molecule has 2 aromatic heterocycles. The Balaban J connectivity index is 2.04. The van der Waals surface area contributed by atoms with Gasteiger partial charge < -0.3 is 4.57 Å². The van der Waals surface area contributed by atoms with Crippen LogP contribution in [0.5, 0.6) is 0 Å². The Hall–Kier alpha value is -2.49. The van der Waals surface area contributed by atoms with Crippen LogP contribution in [0, 0.1) is 6.92 Å². The highest BCUT2D eigenvalue weighted by atomic mass is 16.1. The third-order valence-corrected chi connectivity index (χ3v) is 3.49. The van der Waals surface area contributed by atoms with Crippen molar-refractivity contribution in [3.8, 4) is 0 Å². The van der Waals surface area contributed by atoms with Crippen LogP contribution < -0.4 is 0 Å². The third kappa shape index (κ3) is 4.25. The first-order valence-corrected chi connectivity index (χ1v) is 7.46. The van der Waals surface area contributed by atoms with E-state index in [1.807, 2.05) is 31.3 Å². The van der Waals surface area contributed by atoms with Gasteiger partial charge in [0.05, 0.1) is 5.69 Å². The van der Waals surface area contributed by atoms with Gasteiger partial charge in [-0.05, 0) is 56.7 Å². The molecule has 2 rings (SSSR count). The monoisotopic (exact) mass is 295 g/mol. The number of carbonyl (C=O) groups is 1. The number of carbonyl (C=O) groups excluding carboxylic acids is 1. The van der Waals surface area contributed by atoms with Crippen LogP contribution in [-0.2, 0) is 4.79 Å². The fourth-order valence-electron chi connectivity index (χ4n) is 2.06. The lowest BCUT2D eigenvalue weighted by Gasteiger charge is -2.11. The van der Waals surface area contributed by atoms with E-state index in [1.165, 1.54) is 12.2 Å². The molecule has 1 atom stereocenters. The van der Waals surface area contributed by atoms with E-state index in [1.54, 1.807) is 18.3 Å². The molecule has 2 aromatic rings. The van der Waals surface area contributed by atoms with Crippen molar-refractivity contribution < 1.29 is 4.79 Å². The summed E-state index contributed by atoms with van der Waals surface area (Å²) in [5, 5.41) is 0. The SMILES string of the molecule is CCC(C)n1ccnc1/C=C/C(=O)/C=C/c1cccc(C)n1. The van der Waals surface area contributed by atoms with Crippen LogP contribution in [0.2, 0.25) is 0 Å². The zero-order valence-corrected chi connectivity index (χ0v) is 13.2. The number of rotatable bonds is 6. The molecular formula is C18H21N3O. The number of hydrogen-bond donors (Lipinski definition) is 0. The van der Waals surface area contributed by atoms with E-state index in [-0.39, 0.29) is 5.78 Å². The number of hydrogen-bond acceptors (Lipinski definition) is 3. The molecule has 0 radical (unpaired) electrons. The third-order valence-electron chi connectivity index (χ3n) is 3.49. The molecule has 0 fully saturated rings. The van der Waals surface area contributed by atoms with E-state index in [0.29, 0.717) is 6.04 Å². The van der Waals surface area contributed by atoms with Gasteiger partial charge in [0.25, 0.3) is 0 Å². The van der Waals surface area contributed by atoms with Crippen molar-refractivity contribution in [1.29, 1.82) is 0 Å². The van der Waals surface area contributed by atoms with Gasteiger partial charge in [0, 0.05) is 24.1 Å². The van der Waals surface area contributed by atoms with Crippen molar-refractivity contribution >= 4 is 17.9 Å². The normalized spacial score (nSPS) is 13.0. The van der Waals surface area contributed by atoms with Gasteiger partial charge in [0.2, 0.25) is 0 Å². The predicted octanol–water partition coefficient (Wildman–Crippen LogP) is 3.85. The summed E-state index contributed by atoms with van der Waals surface area (Å²) in [5.41, 5.74) is 1.71. The van der Waals surface area contributed by atoms with Crippen LogP contribution in [0.3, 0.4) is 0 Å². The Kier molecular flexibility index (Phi) is 5.42. The first-order chi connectivity index (χ1) is 10.6. The molecule has 0 saturated heterocycles. The second kappa shape index (κ2) is 7.50. The largest absolute Gasteiger partial charge is 0.329 e. The molecule has 0 bridgehead atoms. The van der Waals surface area contributed by atoms with Crippen molar-refractivity contribution in [2.24, 2.45) is 0 Å². The van der Waals surface area contributed by atoms with Gasteiger partial charge in [-0.25, -0.2) is 4.98 Å². The molecule has 0 aliphatic heterocycles. The fourth-order valence-corrected chi connectivity index (χ4v) is 2.06. The summed E-state index contributed by atoms with van der Waals surface area (Å²) < 4.78 is 2.07. The van der Waals surface area contributed by atoms with Crippen molar-refractivity contribution in [2.75, 3.05) is 0 Å². The zero-order valence-electron chi connectivity index (χ0n) is 13.2. The topological polar surface area (TPSA) is 47.8 Å². The van der Waals surface area contributed by atoms with Gasteiger partial charge in [-0.3, -0.25) is 9.78 Å². The fraction of sp³-hybridized carbons (Fsp3) is 0.278. The van der Waals surface area contributed by atoms with Gasteiger partial charge in [0.15, 0.2) is 5.78 Å². The number of aryl methyl sites for hydroxylation is 1. The van der Waals surface area contributed by atoms with Gasteiger partial charge in [-0.15, -0.1) is 0 Å². The molecule has 0 saturated carbocycles. The second-order valence-corrected chi connectivity index (χ2v) is 5.22. The number of pyridine rings is 1. The lowest BCUT2D eigenvalue weighted by Crippen LogP contribution is -2.04. The van der Waals surface area contributed by atoms with Crippen LogP contribution in [0.25, 0.3) is 12.2 Å². The molecule has 0 aromatic carbocycles. The number of ketones is 1. The van der Waals surface area contributed by atoms with Crippen molar-refractivity contribution in [2.45, 2.75) is 33.2 Å². The van der Waals surface area contributed by atoms with E-state index >= 15 is 0 Å². The Morgan fingerprint density at radius 3 is 2.82 bits per heavy atom. The highest BCUT2D eigenvalue weighted by Crippen LogP contribution is 2.13. The maximum atomic E-state index is 11.9. The molecule has 114 valence electrons. The van der Waals surface area contributed by atoms with E-state index in [0.717, 1.165) is 23.6 Å². The summed E-state index contributed by atoms with van der Waals surface area (Å²) in [6.45, 7) is 6.18. The molecule has 0 aliphatic carbocycles. The van der Waals surface area contributed by atoms with Crippen LogP contribution in [0.4, 0.5) is 0 Å². The van der Waals surface area contributed by atoms with Crippen LogP contribution in [0.1, 0.15) is 43.5 Å². The highest BCUT2D eigenvalue weighted by Gasteiger charge is 2.05. The molecule has 4 nitrogen and oxygen atoms in total. The Bertz CT molecular complexity index is 698. The standard InChI is InChI=1S/C18H21N3O/c1-4-15(3)21-13-12-19-18(21)11-10-17(22)9-8-16-7-5-6-14(2)20-16/h5-13,15H,4H2,1-3H3/b9-8+,11-10+. The second-order valence-electron chi connectivity index (χ2n) is 5.22. The predicted molar refractivity (Wildman–Crippen MR) is 89.3 cm³/mol. The molecule has 0 aliphatic rings. The number of nitrogens with zero attached hydrogens (tertiary/aromatic N) is 3. The molecule has 1 unspecified atom stereocenters. The number of allylic oxidation sites excluding steroid dienone is 2.